The molecule has 2 unspecified atom stereocenters. The number of aliphatic hydroxyl groups excluding tert-OH is 1. The van der Waals surface area contributed by atoms with Crippen LogP contribution < -0.4 is 0 Å². The van der Waals surface area contributed by atoms with E-state index in [4.69, 9.17) is 0 Å². The minimum atomic E-state index is -0.347. The van der Waals surface area contributed by atoms with E-state index >= 15 is 0 Å². The monoisotopic (exact) mass is 247 g/mol. The van der Waals surface area contributed by atoms with Crippen LogP contribution in [0, 0.1) is 6.92 Å². The van der Waals surface area contributed by atoms with Gasteiger partial charge in [-0.1, -0.05) is 18.2 Å². The Morgan fingerprint density at radius 1 is 1.50 bits per heavy atom. The summed E-state index contributed by atoms with van der Waals surface area (Å²) in [4.78, 5) is 14.4. The third-order valence-corrected chi connectivity index (χ3v) is 3.63. The van der Waals surface area contributed by atoms with Crippen molar-refractivity contribution < 1.29 is 9.90 Å². The zero-order valence-electron chi connectivity index (χ0n) is 11.1. The molecule has 0 saturated carbocycles. The smallest absolute Gasteiger partial charge is 0.254 e. The molecule has 18 heavy (non-hydrogen) atoms. The van der Waals surface area contributed by atoms with E-state index in [0.717, 1.165) is 30.5 Å². The molecule has 3 heteroatoms. The molecule has 0 bridgehead atoms. The SMILES string of the molecule is Cc1ccccc1C(=O)N1CCCC1CC(C)O. The minimum Gasteiger partial charge on any atom is -0.393 e. The van der Waals surface area contributed by atoms with Gasteiger partial charge in [-0.15, -0.1) is 0 Å². The Kier molecular flexibility index (Phi) is 4.02. The second-order valence-electron chi connectivity index (χ2n) is 5.19. The molecule has 2 rings (SSSR count). The second-order valence-corrected chi connectivity index (χ2v) is 5.19. The van der Waals surface area contributed by atoms with Gasteiger partial charge < -0.3 is 10.0 Å². The molecule has 1 saturated heterocycles. The minimum absolute atomic E-state index is 0.108. The molecule has 1 aromatic rings. The van der Waals surface area contributed by atoms with Crippen molar-refractivity contribution in [2.45, 2.75) is 45.3 Å². The van der Waals surface area contributed by atoms with Crippen LogP contribution in [-0.2, 0) is 0 Å². The molecule has 1 heterocycles. The van der Waals surface area contributed by atoms with Crippen LogP contribution in [0.4, 0.5) is 0 Å². The molecule has 1 aliphatic rings. The lowest BCUT2D eigenvalue weighted by molar-refractivity contribution is 0.0681. The number of likely N-dealkylation sites (tertiary alicyclic amines) is 1. The molecule has 1 fully saturated rings. The Bertz CT molecular complexity index is 428. The highest BCUT2D eigenvalue weighted by Gasteiger charge is 2.30. The van der Waals surface area contributed by atoms with E-state index in [-0.39, 0.29) is 18.1 Å². The molecule has 1 aliphatic heterocycles. The van der Waals surface area contributed by atoms with Crippen LogP contribution in [-0.4, -0.2) is 34.6 Å². The average Bonchev–Trinajstić information content (AvgIpc) is 2.76. The first-order valence-electron chi connectivity index (χ1n) is 6.64. The van der Waals surface area contributed by atoms with Gasteiger partial charge in [0.05, 0.1) is 6.10 Å². The number of nitrogens with zero attached hydrogens (tertiary/aromatic N) is 1. The summed E-state index contributed by atoms with van der Waals surface area (Å²) < 4.78 is 0. The Hall–Kier alpha value is -1.35. The van der Waals surface area contributed by atoms with Crippen LogP contribution in [0.3, 0.4) is 0 Å². The van der Waals surface area contributed by atoms with Gasteiger partial charge in [-0.3, -0.25) is 4.79 Å². The zero-order valence-corrected chi connectivity index (χ0v) is 11.1. The largest absolute Gasteiger partial charge is 0.393 e. The summed E-state index contributed by atoms with van der Waals surface area (Å²) in [6.45, 7) is 4.56. The molecule has 1 amide bonds. The van der Waals surface area contributed by atoms with Gasteiger partial charge in [-0.2, -0.15) is 0 Å². The van der Waals surface area contributed by atoms with Crippen molar-refractivity contribution in [2.24, 2.45) is 0 Å². The zero-order chi connectivity index (χ0) is 13.1. The van der Waals surface area contributed by atoms with Gasteiger partial charge in [0.25, 0.3) is 5.91 Å². The van der Waals surface area contributed by atoms with Crippen molar-refractivity contribution in [2.75, 3.05) is 6.54 Å². The topological polar surface area (TPSA) is 40.5 Å². The third-order valence-electron chi connectivity index (χ3n) is 3.63. The van der Waals surface area contributed by atoms with Gasteiger partial charge in [-0.05, 0) is 44.7 Å². The van der Waals surface area contributed by atoms with Gasteiger partial charge in [0.2, 0.25) is 0 Å². The van der Waals surface area contributed by atoms with Gasteiger partial charge in [0.15, 0.2) is 0 Å². The van der Waals surface area contributed by atoms with Crippen LogP contribution in [0.2, 0.25) is 0 Å². The summed E-state index contributed by atoms with van der Waals surface area (Å²) in [7, 11) is 0. The standard InChI is InChI=1S/C15H21NO2/c1-11-6-3-4-8-14(11)15(18)16-9-5-7-13(16)10-12(2)17/h3-4,6,8,12-13,17H,5,7,9-10H2,1-2H3. The van der Waals surface area contributed by atoms with Crippen molar-refractivity contribution in [3.8, 4) is 0 Å². The Balaban J connectivity index is 2.15. The maximum atomic E-state index is 12.5. The number of hydrogen-bond donors (Lipinski definition) is 1. The second kappa shape index (κ2) is 5.53. The number of hydrogen-bond acceptors (Lipinski definition) is 2. The molecule has 3 nitrogen and oxygen atoms in total. The van der Waals surface area contributed by atoms with E-state index in [1.807, 2.05) is 36.1 Å². The molecular weight excluding hydrogens is 226 g/mol. The van der Waals surface area contributed by atoms with Gasteiger partial charge in [0.1, 0.15) is 0 Å². The van der Waals surface area contributed by atoms with E-state index in [0.29, 0.717) is 6.42 Å². The van der Waals surface area contributed by atoms with Crippen molar-refractivity contribution in [3.63, 3.8) is 0 Å². The van der Waals surface area contributed by atoms with Crippen molar-refractivity contribution >= 4 is 5.91 Å². The predicted octanol–water partition coefficient (Wildman–Crippen LogP) is 2.37. The van der Waals surface area contributed by atoms with E-state index in [2.05, 4.69) is 0 Å². The lowest BCUT2D eigenvalue weighted by Gasteiger charge is -2.26. The Morgan fingerprint density at radius 3 is 2.89 bits per heavy atom. The number of aryl methyl sites for hydroxylation is 1. The Morgan fingerprint density at radius 2 is 2.22 bits per heavy atom. The molecule has 0 spiro atoms. The lowest BCUT2D eigenvalue weighted by atomic mass is 10.0. The van der Waals surface area contributed by atoms with Gasteiger partial charge in [-0.25, -0.2) is 0 Å². The van der Waals surface area contributed by atoms with Crippen LogP contribution in [0.15, 0.2) is 24.3 Å². The first-order valence-corrected chi connectivity index (χ1v) is 6.64. The average molecular weight is 247 g/mol. The van der Waals surface area contributed by atoms with Gasteiger partial charge >= 0.3 is 0 Å². The number of carbonyl (C=O) groups excluding carboxylic acids is 1. The van der Waals surface area contributed by atoms with Crippen LogP contribution in [0.1, 0.15) is 42.1 Å². The Labute approximate surface area is 108 Å². The molecule has 2 atom stereocenters. The molecule has 0 aliphatic carbocycles. The van der Waals surface area contributed by atoms with Crippen LogP contribution >= 0.6 is 0 Å². The predicted molar refractivity (Wildman–Crippen MR) is 71.5 cm³/mol. The molecule has 1 N–H and O–H groups in total. The number of benzene rings is 1. The van der Waals surface area contributed by atoms with E-state index in [9.17, 15) is 9.90 Å². The first-order chi connectivity index (χ1) is 8.59. The van der Waals surface area contributed by atoms with Gasteiger partial charge in [0, 0.05) is 18.2 Å². The summed E-state index contributed by atoms with van der Waals surface area (Å²) in [5.41, 5.74) is 1.81. The highest BCUT2D eigenvalue weighted by atomic mass is 16.3. The van der Waals surface area contributed by atoms with Crippen LogP contribution in [0.5, 0.6) is 0 Å². The number of carbonyl (C=O) groups is 1. The van der Waals surface area contributed by atoms with Crippen molar-refractivity contribution in [1.82, 2.24) is 4.90 Å². The fourth-order valence-electron chi connectivity index (χ4n) is 2.71. The van der Waals surface area contributed by atoms with E-state index in [1.54, 1.807) is 6.92 Å². The summed E-state index contributed by atoms with van der Waals surface area (Å²) in [6.07, 6.45) is 2.37. The molecular formula is C15H21NO2. The van der Waals surface area contributed by atoms with Crippen LogP contribution in [0.25, 0.3) is 0 Å². The number of rotatable bonds is 3. The highest BCUT2D eigenvalue weighted by molar-refractivity contribution is 5.96. The fourth-order valence-corrected chi connectivity index (χ4v) is 2.71. The van der Waals surface area contributed by atoms with E-state index in [1.165, 1.54) is 0 Å². The molecule has 1 aromatic carbocycles. The summed E-state index contributed by atoms with van der Waals surface area (Å²) >= 11 is 0. The normalized spacial score (nSPS) is 21.1. The maximum absolute atomic E-state index is 12.5. The maximum Gasteiger partial charge on any atom is 0.254 e. The fraction of sp³-hybridized carbons (Fsp3) is 0.533. The highest BCUT2D eigenvalue weighted by Crippen LogP contribution is 2.24. The first kappa shape index (κ1) is 13.1. The summed E-state index contributed by atoms with van der Waals surface area (Å²) in [6, 6.07) is 7.89. The quantitative estimate of drug-likeness (QED) is 0.890. The number of amides is 1. The van der Waals surface area contributed by atoms with E-state index < -0.39 is 0 Å². The van der Waals surface area contributed by atoms with Crippen molar-refractivity contribution in [1.29, 1.82) is 0 Å². The molecule has 98 valence electrons. The van der Waals surface area contributed by atoms with Crippen molar-refractivity contribution in [3.05, 3.63) is 35.4 Å². The molecule has 0 radical (unpaired) electrons. The summed E-state index contributed by atoms with van der Waals surface area (Å²) in [5, 5.41) is 9.50. The molecule has 0 aromatic heterocycles. The summed E-state index contributed by atoms with van der Waals surface area (Å²) in [5.74, 6) is 0.108. The third kappa shape index (κ3) is 2.72. The lowest BCUT2D eigenvalue weighted by Crippen LogP contribution is -2.37. The number of aliphatic hydroxyl groups is 1.